The van der Waals surface area contributed by atoms with Crippen molar-refractivity contribution in [3.63, 3.8) is 0 Å². The molecule has 7 heteroatoms. The van der Waals surface area contributed by atoms with Crippen molar-refractivity contribution in [2.75, 3.05) is 45.0 Å². The molecule has 1 aliphatic rings. The first-order valence-electron chi connectivity index (χ1n) is 12.1. The van der Waals surface area contributed by atoms with E-state index in [-0.39, 0.29) is 24.6 Å². The van der Waals surface area contributed by atoms with Crippen LogP contribution in [-0.2, 0) is 27.7 Å². The molecule has 4 rings (SSSR count). The molecule has 1 amide bonds. The number of carbonyl (C=O) groups excluding carboxylic acids is 1. The molecule has 0 spiro atoms. The number of hydrogen-bond donors (Lipinski definition) is 1. The van der Waals surface area contributed by atoms with Gasteiger partial charge < -0.3 is 10.2 Å². The highest BCUT2D eigenvalue weighted by Crippen LogP contribution is 2.19. The number of benzene rings is 3. The van der Waals surface area contributed by atoms with Crippen LogP contribution in [0.1, 0.15) is 11.1 Å². The largest absolute Gasteiger partial charge is 0.355 e. The Morgan fingerprint density at radius 2 is 1.34 bits per heavy atom. The Morgan fingerprint density at radius 1 is 0.743 bits per heavy atom. The van der Waals surface area contributed by atoms with Crippen molar-refractivity contribution >= 4 is 15.9 Å². The summed E-state index contributed by atoms with van der Waals surface area (Å²) >= 11 is 0. The third-order valence-corrected chi connectivity index (χ3v) is 8.26. The molecule has 3 aromatic rings. The van der Waals surface area contributed by atoms with E-state index >= 15 is 0 Å². The summed E-state index contributed by atoms with van der Waals surface area (Å²) in [5.41, 5.74) is 4.42. The topological polar surface area (TPSA) is 69.7 Å². The van der Waals surface area contributed by atoms with Crippen LogP contribution >= 0.6 is 0 Å². The Kier molecular flexibility index (Phi) is 8.69. The van der Waals surface area contributed by atoms with Gasteiger partial charge in [0.1, 0.15) is 0 Å². The van der Waals surface area contributed by atoms with Gasteiger partial charge in [-0.1, -0.05) is 84.9 Å². The molecule has 0 aromatic heterocycles. The van der Waals surface area contributed by atoms with E-state index in [1.54, 1.807) is 4.31 Å². The quantitative estimate of drug-likeness (QED) is 0.473. The van der Waals surface area contributed by atoms with Crippen molar-refractivity contribution in [2.24, 2.45) is 0 Å². The van der Waals surface area contributed by atoms with Crippen molar-refractivity contribution in [1.29, 1.82) is 0 Å². The van der Waals surface area contributed by atoms with Crippen LogP contribution in [0.15, 0.2) is 84.9 Å². The zero-order chi connectivity index (χ0) is 24.5. The van der Waals surface area contributed by atoms with Crippen molar-refractivity contribution < 1.29 is 13.2 Å². The van der Waals surface area contributed by atoms with Gasteiger partial charge in [-0.05, 0) is 28.7 Å². The molecule has 35 heavy (non-hydrogen) atoms. The van der Waals surface area contributed by atoms with Gasteiger partial charge in [-0.15, -0.1) is 0 Å². The van der Waals surface area contributed by atoms with Crippen LogP contribution in [0, 0.1) is 0 Å². The van der Waals surface area contributed by atoms with Gasteiger partial charge in [0.25, 0.3) is 0 Å². The van der Waals surface area contributed by atoms with E-state index < -0.39 is 10.0 Å². The zero-order valence-electron chi connectivity index (χ0n) is 20.0. The smallest absolute Gasteiger partial charge is 0.224 e. The first-order valence-corrected chi connectivity index (χ1v) is 13.8. The molecule has 0 saturated carbocycles. The number of amides is 1. The van der Waals surface area contributed by atoms with Crippen LogP contribution in [0.5, 0.6) is 0 Å². The van der Waals surface area contributed by atoms with E-state index in [0.717, 1.165) is 42.7 Å². The Balaban J connectivity index is 1.16. The van der Waals surface area contributed by atoms with Gasteiger partial charge in [0.2, 0.25) is 15.9 Å². The molecule has 3 aromatic carbocycles. The van der Waals surface area contributed by atoms with Gasteiger partial charge in [-0.3, -0.25) is 4.79 Å². The molecule has 184 valence electrons. The lowest BCUT2D eigenvalue weighted by Crippen LogP contribution is -2.50. The monoisotopic (exact) mass is 491 g/mol. The van der Waals surface area contributed by atoms with E-state index in [1.807, 2.05) is 72.8 Å². The minimum atomic E-state index is -3.39. The normalized spacial score (nSPS) is 15.1. The number of nitrogens with zero attached hydrogens (tertiary/aromatic N) is 2. The van der Waals surface area contributed by atoms with Gasteiger partial charge in [-0.25, -0.2) is 8.42 Å². The summed E-state index contributed by atoms with van der Waals surface area (Å²) in [5.74, 6) is -0.242. The second-order valence-electron chi connectivity index (χ2n) is 8.88. The van der Waals surface area contributed by atoms with Gasteiger partial charge in [0.15, 0.2) is 0 Å². The molecule has 1 heterocycles. The summed E-state index contributed by atoms with van der Waals surface area (Å²) < 4.78 is 27.0. The van der Waals surface area contributed by atoms with Crippen molar-refractivity contribution in [3.8, 4) is 11.1 Å². The number of hydrogen-bond acceptors (Lipinski definition) is 4. The van der Waals surface area contributed by atoms with Crippen molar-refractivity contribution in [2.45, 2.75) is 12.8 Å². The summed E-state index contributed by atoms with van der Waals surface area (Å²) in [4.78, 5) is 14.6. The fraction of sp³-hybridized carbons (Fsp3) is 0.321. The molecule has 1 saturated heterocycles. The van der Waals surface area contributed by atoms with Gasteiger partial charge in [0, 0.05) is 39.3 Å². The van der Waals surface area contributed by atoms with E-state index in [9.17, 15) is 13.2 Å². The Morgan fingerprint density at radius 3 is 2.00 bits per heavy atom. The highest BCUT2D eigenvalue weighted by molar-refractivity contribution is 7.89. The van der Waals surface area contributed by atoms with E-state index in [0.29, 0.717) is 13.1 Å². The summed E-state index contributed by atoms with van der Waals surface area (Å²) in [6.07, 6.45) is 1.20. The Hall–Kier alpha value is -3.00. The summed E-state index contributed by atoms with van der Waals surface area (Å²) in [5, 5.41) is 2.76. The maximum Gasteiger partial charge on any atom is 0.224 e. The fourth-order valence-corrected chi connectivity index (χ4v) is 5.64. The third-order valence-electron chi connectivity index (χ3n) is 6.39. The molecular formula is C28H33N3O3S. The third kappa shape index (κ3) is 7.49. The number of piperazine rings is 1. The molecular weight excluding hydrogens is 458 g/mol. The summed E-state index contributed by atoms with van der Waals surface area (Å²) in [6.45, 7) is 3.52. The zero-order valence-corrected chi connectivity index (χ0v) is 20.8. The van der Waals surface area contributed by atoms with Crippen LogP contribution in [-0.4, -0.2) is 68.6 Å². The van der Waals surface area contributed by atoms with Crippen LogP contribution < -0.4 is 5.32 Å². The predicted octanol–water partition coefficient (Wildman–Crippen LogP) is 3.20. The fourth-order valence-electron chi connectivity index (χ4n) is 4.31. The SMILES string of the molecule is O=C(Cc1ccc(-c2ccccc2)cc1)NCCS(=O)(=O)N1CCN(CCc2ccccc2)CC1. The molecule has 0 bridgehead atoms. The predicted molar refractivity (Wildman–Crippen MR) is 141 cm³/mol. The maximum atomic E-state index is 12.7. The first-order chi connectivity index (χ1) is 17.0. The molecule has 1 fully saturated rings. The number of carbonyl (C=O) groups is 1. The molecule has 0 radical (unpaired) electrons. The van der Waals surface area contributed by atoms with Crippen LogP contribution in [0.25, 0.3) is 11.1 Å². The second-order valence-corrected chi connectivity index (χ2v) is 11.0. The van der Waals surface area contributed by atoms with E-state index in [1.165, 1.54) is 5.56 Å². The molecule has 6 nitrogen and oxygen atoms in total. The summed E-state index contributed by atoms with van der Waals surface area (Å²) in [7, 11) is -3.39. The van der Waals surface area contributed by atoms with E-state index in [2.05, 4.69) is 22.3 Å². The number of sulfonamides is 1. The van der Waals surface area contributed by atoms with E-state index in [4.69, 9.17) is 0 Å². The molecule has 1 N–H and O–H groups in total. The van der Waals surface area contributed by atoms with Crippen molar-refractivity contribution in [1.82, 2.24) is 14.5 Å². The lowest BCUT2D eigenvalue weighted by Gasteiger charge is -2.34. The number of nitrogens with one attached hydrogen (secondary N) is 1. The lowest BCUT2D eigenvalue weighted by molar-refractivity contribution is -0.120. The molecule has 0 unspecified atom stereocenters. The Labute approximate surface area is 208 Å². The van der Waals surface area contributed by atoms with Gasteiger partial charge >= 0.3 is 0 Å². The second kappa shape index (κ2) is 12.1. The minimum absolute atomic E-state index is 0.0737. The molecule has 0 atom stereocenters. The van der Waals surface area contributed by atoms with Crippen LogP contribution in [0.2, 0.25) is 0 Å². The standard InChI is InChI=1S/C28H33N3O3S/c32-28(23-25-11-13-27(14-12-25)26-9-5-2-6-10-26)29-16-22-35(33,34)31-20-18-30(19-21-31)17-15-24-7-3-1-4-8-24/h1-14H,15-23H2,(H,29,32). The average molecular weight is 492 g/mol. The van der Waals surface area contributed by atoms with Crippen LogP contribution in [0.4, 0.5) is 0 Å². The maximum absolute atomic E-state index is 12.7. The molecule has 0 aliphatic carbocycles. The van der Waals surface area contributed by atoms with Crippen LogP contribution in [0.3, 0.4) is 0 Å². The summed E-state index contributed by atoms with van der Waals surface area (Å²) in [6, 6.07) is 28.3. The number of rotatable bonds is 10. The highest BCUT2D eigenvalue weighted by atomic mass is 32.2. The highest BCUT2D eigenvalue weighted by Gasteiger charge is 2.26. The van der Waals surface area contributed by atoms with Gasteiger partial charge in [-0.2, -0.15) is 4.31 Å². The van der Waals surface area contributed by atoms with Gasteiger partial charge in [0.05, 0.1) is 12.2 Å². The average Bonchev–Trinajstić information content (AvgIpc) is 2.89. The molecule has 1 aliphatic heterocycles. The first kappa shape index (κ1) is 25.1. The Bertz CT molecular complexity index is 1180. The van der Waals surface area contributed by atoms with Crippen molar-refractivity contribution in [3.05, 3.63) is 96.1 Å². The minimum Gasteiger partial charge on any atom is -0.355 e. The lowest BCUT2D eigenvalue weighted by atomic mass is 10.0.